The van der Waals surface area contributed by atoms with Crippen molar-refractivity contribution in [3.05, 3.63) is 69.5 Å². The van der Waals surface area contributed by atoms with Gasteiger partial charge in [-0.25, -0.2) is 4.39 Å². The van der Waals surface area contributed by atoms with E-state index in [1.807, 2.05) is 0 Å². The first-order chi connectivity index (χ1) is 12.6. The Morgan fingerprint density at radius 1 is 1.19 bits per heavy atom. The second-order valence-corrected chi connectivity index (χ2v) is 6.04. The van der Waals surface area contributed by atoms with Crippen LogP contribution in [0.25, 0.3) is 0 Å². The number of hydrogen-bond acceptors (Lipinski definition) is 3. The van der Waals surface area contributed by atoms with E-state index in [2.05, 4.69) is 5.32 Å². The monoisotopic (exact) mass is 384 g/mol. The molecule has 0 aliphatic heterocycles. The molecular formula is C18H16F4N2O3. The molecule has 2 rings (SSSR count). The van der Waals surface area contributed by atoms with Crippen molar-refractivity contribution in [1.29, 1.82) is 0 Å². The van der Waals surface area contributed by atoms with Gasteiger partial charge in [0.25, 0.3) is 5.69 Å². The summed E-state index contributed by atoms with van der Waals surface area (Å²) in [6.07, 6.45) is -4.03. The first kappa shape index (κ1) is 20.3. The van der Waals surface area contributed by atoms with E-state index in [1.165, 1.54) is 12.1 Å². The second-order valence-electron chi connectivity index (χ2n) is 6.04. The Morgan fingerprint density at radius 2 is 1.81 bits per heavy atom. The molecule has 0 radical (unpaired) electrons. The van der Waals surface area contributed by atoms with Gasteiger partial charge in [0.2, 0.25) is 5.91 Å². The number of benzene rings is 2. The van der Waals surface area contributed by atoms with E-state index >= 15 is 0 Å². The second kappa shape index (κ2) is 8.15. The number of hydrogen-bond donors (Lipinski definition) is 1. The maximum atomic E-state index is 13.0. The molecule has 5 nitrogen and oxygen atoms in total. The third kappa shape index (κ3) is 5.50. The fourth-order valence-electron chi connectivity index (χ4n) is 2.43. The van der Waals surface area contributed by atoms with Crippen LogP contribution in [0.1, 0.15) is 24.5 Å². The van der Waals surface area contributed by atoms with Gasteiger partial charge in [-0.1, -0.05) is 19.1 Å². The lowest BCUT2D eigenvalue weighted by Gasteiger charge is -2.14. The van der Waals surface area contributed by atoms with Gasteiger partial charge in [0.1, 0.15) is 11.4 Å². The zero-order valence-electron chi connectivity index (χ0n) is 14.2. The molecule has 0 heterocycles. The molecule has 1 unspecified atom stereocenters. The lowest BCUT2D eigenvalue weighted by atomic mass is 10.00. The van der Waals surface area contributed by atoms with Crippen molar-refractivity contribution in [2.75, 3.05) is 5.32 Å². The summed E-state index contributed by atoms with van der Waals surface area (Å²) < 4.78 is 51.8. The Balaban J connectivity index is 2.05. The Labute approximate surface area is 152 Å². The van der Waals surface area contributed by atoms with Crippen LogP contribution in [0.5, 0.6) is 0 Å². The fraction of sp³-hybridized carbons (Fsp3) is 0.278. The average Bonchev–Trinajstić information content (AvgIpc) is 2.60. The topological polar surface area (TPSA) is 72.2 Å². The van der Waals surface area contributed by atoms with Crippen LogP contribution in [0.15, 0.2) is 42.5 Å². The van der Waals surface area contributed by atoms with E-state index in [4.69, 9.17) is 0 Å². The molecule has 144 valence electrons. The molecule has 2 aromatic rings. The lowest BCUT2D eigenvalue weighted by Crippen LogP contribution is -2.21. The molecule has 0 aliphatic carbocycles. The molecule has 1 amide bonds. The predicted octanol–water partition coefficient (Wildman–Crippen LogP) is 4.96. The summed E-state index contributed by atoms with van der Waals surface area (Å²) in [5, 5.41) is 13.1. The minimum atomic E-state index is -4.92. The van der Waals surface area contributed by atoms with Crippen molar-refractivity contribution >= 4 is 17.3 Å². The van der Waals surface area contributed by atoms with Gasteiger partial charge in [-0.2, -0.15) is 13.2 Å². The van der Waals surface area contributed by atoms with Crippen LogP contribution in [0.3, 0.4) is 0 Å². The Kier molecular flexibility index (Phi) is 6.14. The molecule has 0 saturated carbocycles. The maximum absolute atomic E-state index is 13.0. The highest BCUT2D eigenvalue weighted by Gasteiger charge is 2.38. The standard InChI is InChI=1S/C18H16F4N2O3/c1-11(2-3-12-4-6-13(19)7-5-12)17(25)23-14-8-9-16(24(26)27)15(10-14)18(20,21)22/h4-11H,2-3H2,1H3,(H,23,25). The molecule has 0 aromatic heterocycles. The quantitative estimate of drug-likeness (QED) is 0.435. The highest BCUT2D eigenvalue weighted by atomic mass is 19.4. The maximum Gasteiger partial charge on any atom is 0.423 e. The van der Waals surface area contributed by atoms with Crippen molar-refractivity contribution in [2.24, 2.45) is 5.92 Å². The molecule has 9 heteroatoms. The molecule has 1 atom stereocenters. The third-order valence-corrected chi connectivity index (χ3v) is 3.99. The van der Waals surface area contributed by atoms with E-state index in [9.17, 15) is 32.5 Å². The molecular weight excluding hydrogens is 368 g/mol. The van der Waals surface area contributed by atoms with Crippen LogP contribution in [-0.2, 0) is 17.4 Å². The molecule has 0 spiro atoms. The molecule has 0 fully saturated rings. The van der Waals surface area contributed by atoms with E-state index < -0.39 is 34.2 Å². The number of carbonyl (C=O) groups is 1. The van der Waals surface area contributed by atoms with Gasteiger partial charge in [0, 0.05) is 17.7 Å². The number of amides is 1. The summed E-state index contributed by atoms with van der Waals surface area (Å²) in [5.41, 5.74) is -1.86. The Morgan fingerprint density at radius 3 is 2.37 bits per heavy atom. The highest BCUT2D eigenvalue weighted by molar-refractivity contribution is 5.92. The van der Waals surface area contributed by atoms with E-state index in [1.54, 1.807) is 19.1 Å². The number of aryl methyl sites for hydroxylation is 1. The first-order valence-corrected chi connectivity index (χ1v) is 7.99. The summed E-state index contributed by atoms with van der Waals surface area (Å²) in [5.74, 6) is -1.41. The summed E-state index contributed by atoms with van der Waals surface area (Å²) in [6, 6.07) is 8.09. The largest absolute Gasteiger partial charge is 0.423 e. The molecule has 0 saturated heterocycles. The number of rotatable bonds is 6. The van der Waals surface area contributed by atoms with Gasteiger partial charge in [-0.3, -0.25) is 14.9 Å². The van der Waals surface area contributed by atoms with E-state index in [0.29, 0.717) is 25.0 Å². The summed E-state index contributed by atoms with van der Waals surface area (Å²) in [6.45, 7) is 1.61. The van der Waals surface area contributed by atoms with Crippen LogP contribution < -0.4 is 5.32 Å². The van der Waals surface area contributed by atoms with Crippen molar-refractivity contribution in [3.63, 3.8) is 0 Å². The third-order valence-electron chi connectivity index (χ3n) is 3.99. The van der Waals surface area contributed by atoms with Crippen LogP contribution in [0.2, 0.25) is 0 Å². The molecule has 0 aliphatic rings. The molecule has 2 aromatic carbocycles. The van der Waals surface area contributed by atoms with Gasteiger partial charge in [0.05, 0.1) is 4.92 Å². The SMILES string of the molecule is CC(CCc1ccc(F)cc1)C(=O)Nc1ccc([N+](=O)[O-])c(C(F)(F)F)c1. The number of nitro benzene ring substituents is 1. The predicted molar refractivity (Wildman–Crippen MR) is 90.6 cm³/mol. The lowest BCUT2D eigenvalue weighted by molar-refractivity contribution is -0.388. The zero-order chi connectivity index (χ0) is 20.2. The number of anilines is 1. The summed E-state index contributed by atoms with van der Waals surface area (Å²) >= 11 is 0. The highest BCUT2D eigenvalue weighted by Crippen LogP contribution is 2.37. The van der Waals surface area contributed by atoms with E-state index in [-0.39, 0.29) is 11.5 Å². The van der Waals surface area contributed by atoms with Gasteiger partial charge in [-0.05, 0) is 42.7 Å². The fourth-order valence-corrected chi connectivity index (χ4v) is 2.43. The van der Waals surface area contributed by atoms with Gasteiger partial charge < -0.3 is 5.32 Å². The smallest absolute Gasteiger partial charge is 0.326 e. The Hall–Kier alpha value is -2.97. The average molecular weight is 384 g/mol. The molecule has 0 bridgehead atoms. The van der Waals surface area contributed by atoms with Crippen molar-refractivity contribution in [3.8, 4) is 0 Å². The minimum Gasteiger partial charge on any atom is -0.326 e. The van der Waals surface area contributed by atoms with Crippen molar-refractivity contribution in [2.45, 2.75) is 25.9 Å². The molecule has 1 N–H and O–H groups in total. The van der Waals surface area contributed by atoms with Gasteiger partial charge >= 0.3 is 6.18 Å². The van der Waals surface area contributed by atoms with Crippen molar-refractivity contribution in [1.82, 2.24) is 0 Å². The van der Waals surface area contributed by atoms with Crippen molar-refractivity contribution < 1.29 is 27.3 Å². The number of alkyl halides is 3. The number of nitrogens with zero attached hydrogens (tertiary/aromatic N) is 1. The zero-order valence-corrected chi connectivity index (χ0v) is 14.2. The molecule has 27 heavy (non-hydrogen) atoms. The van der Waals surface area contributed by atoms with E-state index in [0.717, 1.165) is 11.6 Å². The van der Waals surface area contributed by atoms with Crippen LogP contribution in [0.4, 0.5) is 28.9 Å². The summed E-state index contributed by atoms with van der Waals surface area (Å²) in [4.78, 5) is 21.8. The van der Waals surface area contributed by atoms with Crippen LogP contribution >= 0.6 is 0 Å². The first-order valence-electron chi connectivity index (χ1n) is 7.99. The number of nitrogens with one attached hydrogen (secondary N) is 1. The summed E-state index contributed by atoms with van der Waals surface area (Å²) in [7, 11) is 0. The van der Waals surface area contributed by atoms with Gasteiger partial charge in [0.15, 0.2) is 0 Å². The number of carbonyl (C=O) groups excluding carboxylic acids is 1. The van der Waals surface area contributed by atoms with Crippen LogP contribution in [0, 0.1) is 21.8 Å². The van der Waals surface area contributed by atoms with Gasteiger partial charge in [-0.15, -0.1) is 0 Å². The number of nitro groups is 1. The number of halogens is 4. The minimum absolute atomic E-state index is 0.174. The van der Waals surface area contributed by atoms with Crippen LogP contribution in [-0.4, -0.2) is 10.8 Å². The Bertz CT molecular complexity index is 835. The normalized spacial score (nSPS) is 12.5.